The monoisotopic (exact) mass is 299 g/mol. The SMILES string of the molecule is O=[N+]([O-])c1ccsc1C(Br)Br. The molecule has 11 heavy (non-hydrogen) atoms. The first-order valence-corrected chi connectivity index (χ1v) is 5.34. The molecule has 0 saturated carbocycles. The zero-order chi connectivity index (χ0) is 8.43. The van der Waals surface area contributed by atoms with E-state index in [9.17, 15) is 10.1 Å². The van der Waals surface area contributed by atoms with E-state index in [1.165, 1.54) is 17.4 Å². The standard InChI is InChI=1S/C5H3Br2NO2S/c6-5(7)4-3(8(9)10)1-2-11-4/h1-2,5H. The van der Waals surface area contributed by atoms with Crippen LogP contribution in [0, 0.1) is 10.1 Å². The third-order valence-corrected chi connectivity index (χ3v) is 3.56. The lowest BCUT2D eigenvalue weighted by molar-refractivity contribution is -0.385. The van der Waals surface area contributed by atoms with Gasteiger partial charge in [0.1, 0.15) is 8.61 Å². The molecular formula is C5H3Br2NO2S. The average Bonchev–Trinajstić information content (AvgIpc) is 2.32. The van der Waals surface area contributed by atoms with Crippen LogP contribution >= 0.6 is 43.2 Å². The topological polar surface area (TPSA) is 43.1 Å². The maximum atomic E-state index is 10.4. The Kier molecular flexibility index (Phi) is 3.03. The zero-order valence-corrected chi connectivity index (χ0v) is 9.15. The fraction of sp³-hybridized carbons (Fsp3) is 0.200. The van der Waals surface area contributed by atoms with Gasteiger partial charge in [-0.1, -0.05) is 31.9 Å². The first-order valence-electron chi connectivity index (χ1n) is 2.63. The van der Waals surface area contributed by atoms with Gasteiger partial charge >= 0.3 is 0 Å². The molecule has 6 heteroatoms. The number of alkyl halides is 2. The third-order valence-electron chi connectivity index (χ3n) is 1.07. The third kappa shape index (κ3) is 2.00. The summed E-state index contributed by atoms with van der Waals surface area (Å²) in [6.45, 7) is 0. The van der Waals surface area contributed by atoms with Gasteiger partial charge in [-0.2, -0.15) is 0 Å². The maximum absolute atomic E-state index is 10.4. The first-order chi connectivity index (χ1) is 5.13. The molecule has 3 nitrogen and oxygen atoms in total. The summed E-state index contributed by atoms with van der Waals surface area (Å²) in [5.41, 5.74) is 0.161. The molecule has 1 aromatic heterocycles. The molecule has 1 rings (SSSR count). The van der Waals surface area contributed by atoms with Gasteiger partial charge in [-0.3, -0.25) is 10.1 Å². The molecule has 0 N–H and O–H groups in total. The number of hydrogen-bond donors (Lipinski definition) is 0. The number of hydrogen-bond acceptors (Lipinski definition) is 3. The van der Waals surface area contributed by atoms with Gasteiger partial charge < -0.3 is 0 Å². The maximum Gasteiger partial charge on any atom is 0.285 e. The van der Waals surface area contributed by atoms with Crippen molar-refractivity contribution in [3.05, 3.63) is 26.4 Å². The number of nitrogens with zero attached hydrogens (tertiary/aromatic N) is 1. The lowest BCUT2D eigenvalue weighted by Crippen LogP contribution is -1.88. The predicted molar refractivity (Wildman–Crippen MR) is 51.6 cm³/mol. The normalized spacial score (nSPS) is 10.5. The van der Waals surface area contributed by atoms with Crippen molar-refractivity contribution in [3.63, 3.8) is 0 Å². The van der Waals surface area contributed by atoms with E-state index < -0.39 is 0 Å². The van der Waals surface area contributed by atoms with Crippen LogP contribution in [0.2, 0.25) is 0 Å². The first kappa shape index (κ1) is 9.15. The summed E-state index contributed by atoms with van der Waals surface area (Å²) in [5.74, 6) is 0. The Hall–Kier alpha value is 0.0600. The fourth-order valence-electron chi connectivity index (χ4n) is 0.628. The van der Waals surface area contributed by atoms with E-state index in [2.05, 4.69) is 31.9 Å². The van der Waals surface area contributed by atoms with Gasteiger partial charge in [0.15, 0.2) is 0 Å². The van der Waals surface area contributed by atoms with E-state index in [4.69, 9.17) is 0 Å². The van der Waals surface area contributed by atoms with Crippen LogP contribution < -0.4 is 0 Å². The van der Waals surface area contributed by atoms with Gasteiger partial charge in [0, 0.05) is 6.07 Å². The number of thiophene rings is 1. The number of nitro groups is 1. The molecule has 0 atom stereocenters. The summed E-state index contributed by atoms with van der Waals surface area (Å²) in [7, 11) is 0. The minimum absolute atomic E-state index is 0.129. The summed E-state index contributed by atoms with van der Waals surface area (Å²) >= 11 is 7.76. The zero-order valence-electron chi connectivity index (χ0n) is 5.16. The van der Waals surface area contributed by atoms with Crippen LogP contribution in [0.25, 0.3) is 0 Å². The second-order valence-electron chi connectivity index (χ2n) is 1.73. The Balaban J connectivity index is 3.06. The van der Waals surface area contributed by atoms with Crippen molar-refractivity contribution in [2.45, 2.75) is 3.74 Å². The Morgan fingerprint density at radius 3 is 2.64 bits per heavy atom. The molecule has 0 unspecified atom stereocenters. The van der Waals surface area contributed by atoms with Crippen LogP contribution in [0.1, 0.15) is 8.61 Å². The minimum atomic E-state index is -0.388. The van der Waals surface area contributed by atoms with Crippen LogP contribution in [-0.4, -0.2) is 4.92 Å². The highest BCUT2D eigenvalue weighted by molar-refractivity contribution is 9.24. The number of halogens is 2. The Bertz CT molecular complexity index is 273. The van der Waals surface area contributed by atoms with E-state index in [-0.39, 0.29) is 14.3 Å². The minimum Gasteiger partial charge on any atom is -0.258 e. The molecule has 0 aliphatic carbocycles. The molecule has 0 aliphatic heterocycles. The van der Waals surface area contributed by atoms with E-state index in [1.54, 1.807) is 5.38 Å². The van der Waals surface area contributed by atoms with Crippen LogP contribution in [0.15, 0.2) is 11.4 Å². The van der Waals surface area contributed by atoms with Crippen molar-refractivity contribution >= 4 is 48.9 Å². The van der Waals surface area contributed by atoms with E-state index in [1.807, 2.05) is 0 Å². The van der Waals surface area contributed by atoms with Crippen molar-refractivity contribution in [1.82, 2.24) is 0 Å². The average molecular weight is 301 g/mol. The summed E-state index contributed by atoms with van der Waals surface area (Å²) in [4.78, 5) is 10.7. The predicted octanol–water partition coefficient (Wildman–Crippen LogP) is 3.44. The van der Waals surface area contributed by atoms with Gasteiger partial charge in [0.05, 0.1) is 4.92 Å². The number of rotatable bonds is 2. The lowest BCUT2D eigenvalue weighted by Gasteiger charge is -1.94. The van der Waals surface area contributed by atoms with Crippen LogP contribution in [-0.2, 0) is 0 Å². The molecular weight excluding hydrogens is 298 g/mol. The highest BCUT2D eigenvalue weighted by Gasteiger charge is 2.19. The Morgan fingerprint density at radius 1 is 1.64 bits per heavy atom. The van der Waals surface area contributed by atoms with Crippen molar-refractivity contribution in [3.8, 4) is 0 Å². The quantitative estimate of drug-likeness (QED) is 0.477. The Morgan fingerprint density at radius 2 is 2.27 bits per heavy atom. The van der Waals surface area contributed by atoms with E-state index in [0.29, 0.717) is 4.88 Å². The summed E-state index contributed by atoms with van der Waals surface area (Å²) in [5, 5.41) is 12.1. The fourth-order valence-corrected chi connectivity index (χ4v) is 2.45. The smallest absolute Gasteiger partial charge is 0.258 e. The van der Waals surface area contributed by atoms with Gasteiger partial charge in [0.25, 0.3) is 5.69 Å². The van der Waals surface area contributed by atoms with Gasteiger partial charge in [-0.05, 0) is 5.38 Å². The van der Waals surface area contributed by atoms with Crippen molar-refractivity contribution < 1.29 is 4.92 Å². The summed E-state index contributed by atoms with van der Waals surface area (Å²) in [6, 6.07) is 1.50. The van der Waals surface area contributed by atoms with E-state index >= 15 is 0 Å². The van der Waals surface area contributed by atoms with Crippen LogP contribution in [0.4, 0.5) is 5.69 Å². The largest absolute Gasteiger partial charge is 0.285 e. The van der Waals surface area contributed by atoms with Gasteiger partial charge in [-0.15, -0.1) is 11.3 Å². The molecule has 1 aromatic rings. The second kappa shape index (κ2) is 3.64. The highest BCUT2D eigenvalue weighted by atomic mass is 79.9. The summed E-state index contributed by atoms with van der Waals surface area (Å²) in [6.07, 6.45) is 0. The molecule has 0 saturated heterocycles. The van der Waals surface area contributed by atoms with Crippen LogP contribution in [0.5, 0.6) is 0 Å². The molecule has 0 fully saturated rings. The molecule has 1 heterocycles. The van der Waals surface area contributed by atoms with Crippen molar-refractivity contribution in [2.24, 2.45) is 0 Å². The summed E-state index contributed by atoms with van der Waals surface area (Å²) < 4.78 is -0.129. The second-order valence-corrected chi connectivity index (χ2v) is 5.74. The van der Waals surface area contributed by atoms with Crippen molar-refractivity contribution in [1.29, 1.82) is 0 Å². The molecule has 0 aliphatic rings. The van der Waals surface area contributed by atoms with Gasteiger partial charge in [-0.25, -0.2) is 0 Å². The molecule has 60 valence electrons. The molecule has 0 bridgehead atoms. The molecule has 0 aromatic carbocycles. The van der Waals surface area contributed by atoms with Gasteiger partial charge in [0.2, 0.25) is 0 Å². The molecule has 0 radical (unpaired) electrons. The van der Waals surface area contributed by atoms with E-state index in [0.717, 1.165) is 0 Å². The molecule has 0 amide bonds. The molecule has 0 spiro atoms. The lowest BCUT2D eigenvalue weighted by atomic mass is 10.4. The highest BCUT2D eigenvalue weighted by Crippen LogP contribution is 2.39. The van der Waals surface area contributed by atoms with Crippen molar-refractivity contribution in [2.75, 3.05) is 0 Å². The Labute approximate surface area is 83.8 Å². The van der Waals surface area contributed by atoms with Crippen LogP contribution in [0.3, 0.4) is 0 Å².